The second-order valence-corrected chi connectivity index (χ2v) is 13.9. The first kappa shape index (κ1) is 35.8. The van der Waals surface area contributed by atoms with E-state index in [0.717, 1.165) is 87.2 Å². The van der Waals surface area contributed by atoms with Gasteiger partial charge < -0.3 is 24.3 Å². The molecular formula is C41H49N5O5. The van der Waals surface area contributed by atoms with Crippen molar-refractivity contribution < 1.29 is 23.9 Å². The number of fused-ring (bicyclic) bond motifs is 8. The minimum atomic E-state index is -0.449. The molecule has 268 valence electrons. The molecule has 3 aliphatic heterocycles. The van der Waals surface area contributed by atoms with Gasteiger partial charge >= 0.3 is 11.9 Å². The number of likely N-dealkylation sites (tertiary alicyclic amines) is 1. The van der Waals surface area contributed by atoms with Crippen LogP contribution in [0.1, 0.15) is 120 Å². The number of carbonyl (C=O) groups excluding carboxylic acids is 3. The molecule has 2 atom stereocenters. The highest BCUT2D eigenvalue weighted by molar-refractivity contribution is 6.06. The van der Waals surface area contributed by atoms with E-state index in [1.54, 1.807) is 0 Å². The Morgan fingerprint density at radius 2 is 1.61 bits per heavy atom. The largest absolute Gasteiger partial charge is 0.469 e. The predicted molar refractivity (Wildman–Crippen MR) is 200 cm³/mol. The van der Waals surface area contributed by atoms with Crippen molar-refractivity contribution in [3.63, 3.8) is 0 Å². The van der Waals surface area contributed by atoms with Gasteiger partial charge in [0.2, 0.25) is 0 Å². The summed E-state index contributed by atoms with van der Waals surface area (Å²) in [5.74, 6) is -1.22. The van der Waals surface area contributed by atoms with Crippen molar-refractivity contribution in [1.82, 2.24) is 24.8 Å². The van der Waals surface area contributed by atoms with E-state index < -0.39 is 5.97 Å². The van der Waals surface area contributed by atoms with Crippen molar-refractivity contribution in [2.24, 2.45) is 0 Å². The topological polar surface area (TPSA) is 130 Å². The van der Waals surface area contributed by atoms with Crippen molar-refractivity contribution in [3.05, 3.63) is 81.4 Å². The van der Waals surface area contributed by atoms with Crippen molar-refractivity contribution in [1.29, 1.82) is 0 Å². The highest BCUT2D eigenvalue weighted by Gasteiger charge is 2.34. The number of carbonyl (C=O) groups is 3. The monoisotopic (exact) mass is 691 g/mol. The number of amides is 1. The molecule has 1 fully saturated rings. The molecule has 0 saturated carbocycles. The summed E-state index contributed by atoms with van der Waals surface area (Å²) in [4.78, 5) is 59.9. The summed E-state index contributed by atoms with van der Waals surface area (Å²) >= 11 is 0. The molecule has 1 saturated heterocycles. The molecule has 0 radical (unpaired) electrons. The fraction of sp³-hybridized carbons (Fsp3) is 0.439. The number of rotatable bonds is 8. The average Bonchev–Trinajstić information content (AvgIpc) is 3.82. The van der Waals surface area contributed by atoms with Crippen LogP contribution >= 0.6 is 0 Å². The van der Waals surface area contributed by atoms with Crippen LogP contribution in [0.3, 0.4) is 0 Å². The second-order valence-electron chi connectivity index (χ2n) is 13.9. The Balaban J connectivity index is 1.80. The first-order chi connectivity index (χ1) is 24.5. The number of ether oxygens (including phenoxy) is 2. The van der Waals surface area contributed by atoms with Gasteiger partial charge in [0, 0.05) is 64.7 Å². The molecule has 0 spiro atoms. The number of aromatic amines is 2. The number of H-pyrrole nitrogens is 2. The Bertz CT molecular complexity index is 2110. The van der Waals surface area contributed by atoms with Gasteiger partial charge in [-0.3, -0.25) is 19.4 Å². The van der Waals surface area contributed by atoms with E-state index in [0.29, 0.717) is 41.8 Å². The first-order valence-corrected chi connectivity index (χ1v) is 18.0. The van der Waals surface area contributed by atoms with Crippen LogP contribution in [0.25, 0.3) is 33.2 Å². The quantitative estimate of drug-likeness (QED) is 0.231. The smallest absolute Gasteiger partial charge is 0.310 e. The minimum Gasteiger partial charge on any atom is -0.469 e. The predicted octanol–water partition coefficient (Wildman–Crippen LogP) is 7.79. The molecule has 10 nitrogen and oxygen atoms in total. The molecule has 1 amide bonds. The maximum atomic E-state index is 14.6. The number of methoxy groups -OCH3 is 2. The number of hydrogen-bond donors (Lipinski definition) is 2. The van der Waals surface area contributed by atoms with E-state index in [1.165, 1.54) is 14.2 Å². The fourth-order valence-electron chi connectivity index (χ4n) is 7.95. The summed E-state index contributed by atoms with van der Waals surface area (Å²) < 4.78 is 10.3. The third kappa shape index (κ3) is 6.64. The van der Waals surface area contributed by atoms with E-state index in [-0.39, 0.29) is 36.6 Å². The fourth-order valence-corrected chi connectivity index (χ4v) is 7.95. The van der Waals surface area contributed by atoms with Crippen molar-refractivity contribution in [2.45, 2.75) is 91.4 Å². The lowest BCUT2D eigenvalue weighted by Crippen LogP contribution is -2.35. The average molecular weight is 692 g/mol. The third-order valence-electron chi connectivity index (χ3n) is 11.0. The van der Waals surface area contributed by atoms with Gasteiger partial charge in [-0.1, -0.05) is 26.5 Å². The van der Waals surface area contributed by atoms with Crippen LogP contribution in [-0.4, -0.2) is 70.0 Å². The van der Waals surface area contributed by atoms with Crippen molar-refractivity contribution in [3.8, 4) is 0 Å². The minimum absolute atomic E-state index is 0.0694. The van der Waals surface area contributed by atoms with Gasteiger partial charge in [0.15, 0.2) is 0 Å². The Hall–Kier alpha value is -4.99. The van der Waals surface area contributed by atoms with E-state index in [1.807, 2.05) is 30.9 Å². The number of aryl methyl sites for hydroxylation is 3. The molecule has 51 heavy (non-hydrogen) atoms. The molecule has 2 N–H and O–H groups in total. The van der Waals surface area contributed by atoms with Crippen LogP contribution in [0.5, 0.6) is 0 Å². The number of hydrogen-bond acceptors (Lipinski definition) is 7. The Labute approximate surface area is 299 Å². The summed E-state index contributed by atoms with van der Waals surface area (Å²) in [6, 6.07) is 6.16. The van der Waals surface area contributed by atoms with Crippen LogP contribution in [0.15, 0.2) is 30.9 Å². The molecule has 2 unspecified atom stereocenters. The Morgan fingerprint density at radius 3 is 2.27 bits per heavy atom. The molecule has 0 aromatic carbocycles. The van der Waals surface area contributed by atoms with Gasteiger partial charge in [0.25, 0.3) is 5.91 Å². The standard InChI is InChI=1S/C41H49N5O5/c1-9-26-22(3)30-19-32-24(5)28(14-15-36(47)50-7)39(44-32)29(18-37(48)51-8)40-38(41(49)46-16-12-11-13-17-46)25(6)33(45-40)21-35-27(10-2)23(4)31(43-35)20-34(26)42-30/h9,19-21,24,28,43,45H,1,10-18H2,2-8H3. The van der Waals surface area contributed by atoms with E-state index >= 15 is 0 Å². The highest BCUT2D eigenvalue weighted by atomic mass is 16.5. The lowest BCUT2D eigenvalue weighted by atomic mass is 9.85. The van der Waals surface area contributed by atoms with Gasteiger partial charge in [-0.05, 0) is 93.3 Å². The van der Waals surface area contributed by atoms with Crippen LogP contribution < -0.4 is 0 Å². The molecule has 3 aliphatic rings. The molecule has 6 rings (SSSR count). The van der Waals surface area contributed by atoms with Gasteiger partial charge in [0.05, 0.1) is 48.8 Å². The van der Waals surface area contributed by atoms with E-state index in [2.05, 4.69) is 49.5 Å². The number of piperidine rings is 1. The summed E-state index contributed by atoms with van der Waals surface area (Å²) in [5.41, 5.74) is 12.4. The van der Waals surface area contributed by atoms with Gasteiger partial charge in [-0.15, -0.1) is 0 Å². The third-order valence-corrected chi connectivity index (χ3v) is 11.0. The lowest BCUT2D eigenvalue weighted by Gasteiger charge is -2.27. The Kier molecular flexibility index (Phi) is 10.3. The Morgan fingerprint density at radius 1 is 0.902 bits per heavy atom. The van der Waals surface area contributed by atoms with Gasteiger partial charge in [-0.2, -0.15) is 0 Å². The lowest BCUT2D eigenvalue weighted by molar-refractivity contribution is -0.141. The molecule has 8 bridgehead atoms. The molecular weight excluding hydrogens is 642 g/mol. The summed E-state index contributed by atoms with van der Waals surface area (Å²) in [6.45, 7) is 15.8. The van der Waals surface area contributed by atoms with Crippen LogP contribution in [0.4, 0.5) is 0 Å². The van der Waals surface area contributed by atoms with Crippen molar-refractivity contribution in [2.75, 3.05) is 27.3 Å². The summed E-state index contributed by atoms with van der Waals surface area (Å²) in [7, 11) is 2.75. The van der Waals surface area contributed by atoms with E-state index in [4.69, 9.17) is 19.4 Å². The molecule has 10 heteroatoms. The molecule has 3 aromatic rings. The molecule has 6 heterocycles. The number of nitrogens with zero attached hydrogens (tertiary/aromatic N) is 3. The number of aromatic nitrogens is 4. The van der Waals surface area contributed by atoms with E-state index in [9.17, 15) is 14.4 Å². The molecule has 0 aliphatic carbocycles. The normalized spacial score (nSPS) is 17.4. The van der Waals surface area contributed by atoms with Crippen molar-refractivity contribution >= 4 is 51.1 Å². The SMILES string of the molecule is C=CC1=C(C)c2cc3nc(c(CC(=O)OC)c4[nH]c(cc5[nH]c(cc1n2)c(C)c5CC)c(C)c4C(=O)N1CCCCC1)C(CCC(=O)OC)C3C. The highest BCUT2D eigenvalue weighted by Crippen LogP contribution is 2.43. The maximum absolute atomic E-state index is 14.6. The van der Waals surface area contributed by atoms with Crippen LogP contribution in [0.2, 0.25) is 0 Å². The second kappa shape index (κ2) is 14.7. The number of allylic oxidation sites excluding steroid dienone is 3. The maximum Gasteiger partial charge on any atom is 0.310 e. The van der Waals surface area contributed by atoms with Crippen LogP contribution in [-0.2, 0) is 31.9 Å². The molecule has 3 aromatic heterocycles. The summed E-state index contributed by atoms with van der Waals surface area (Å²) in [5, 5.41) is 0. The van der Waals surface area contributed by atoms with Crippen LogP contribution in [0, 0.1) is 13.8 Å². The van der Waals surface area contributed by atoms with Gasteiger partial charge in [0.1, 0.15) is 0 Å². The summed E-state index contributed by atoms with van der Waals surface area (Å²) in [6.07, 6.45) is 6.13. The number of nitrogens with one attached hydrogen (secondary N) is 2. The zero-order valence-corrected chi connectivity index (χ0v) is 30.9. The van der Waals surface area contributed by atoms with Gasteiger partial charge in [-0.25, -0.2) is 4.98 Å². The first-order valence-electron chi connectivity index (χ1n) is 18.0. The number of esters is 2. The zero-order valence-electron chi connectivity index (χ0n) is 30.9. The zero-order chi connectivity index (χ0) is 36.6.